The molecular formula is C30H52FeN2O. The SMILES string of the molecule is CCCCCCCCCCCCCCCCCC(N)(N)C(C)=O.[CH]12[CH]3[CH]4[CH]5[CH]1[Fe]23451678[CH]2[CH]1[CH]6[CH]7[CH]28. The topological polar surface area (TPSA) is 69.1 Å². The molecule has 0 amide bonds. The van der Waals surface area contributed by atoms with Crippen molar-refractivity contribution in [3.63, 3.8) is 0 Å². The van der Waals surface area contributed by atoms with Crippen LogP contribution in [-0.4, -0.2) is 11.4 Å². The number of fused-ring (bicyclic) bond motifs is 10. The molecule has 0 unspecified atom stereocenters. The summed E-state index contributed by atoms with van der Waals surface area (Å²) in [5.41, 5.74) is 10.4. The molecule has 10 fully saturated rings. The summed E-state index contributed by atoms with van der Waals surface area (Å²) in [5, 5.41) is 0. The Morgan fingerprint density at radius 1 is 0.559 bits per heavy atom. The predicted octanol–water partition coefficient (Wildman–Crippen LogP) is 8.83. The van der Waals surface area contributed by atoms with Crippen molar-refractivity contribution in [2.24, 2.45) is 11.5 Å². The first-order chi connectivity index (χ1) is 16.2. The van der Waals surface area contributed by atoms with Gasteiger partial charge in [-0.15, -0.1) is 0 Å². The normalized spacial score (nSPS) is 63.3. The average Bonchev–Trinajstić information content (AvgIpc) is 3.74. The van der Waals surface area contributed by atoms with Gasteiger partial charge in [-0.2, -0.15) is 0 Å². The van der Waals surface area contributed by atoms with E-state index >= 15 is 0 Å². The molecule has 34 heavy (non-hydrogen) atoms. The van der Waals surface area contributed by atoms with E-state index in [1.165, 1.54) is 90.4 Å². The predicted molar refractivity (Wildman–Crippen MR) is 139 cm³/mol. The number of ketones is 1. The Kier molecular flexibility index (Phi) is 2.11. The second kappa shape index (κ2) is 3.41. The number of Topliss-reactive ketones (excluding diaryl/α,β-unsaturated/α-hetero) is 1. The fourth-order valence-corrected chi connectivity index (χ4v) is 91.0. The minimum absolute atomic E-state index is 0.108. The Morgan fingerprint density at radius 2 is 0.824 bits per heavy atom. The number of rotatable bonds is 17. The zero-order valence-electron chi connectivity index (χ0n) is 22.0. The van der Waals surface area contributed by atoms with Gasteiger partial charge in [0.1, 0.15) is 5.66 Å². The van der Waals surface area contributed by atoms with Crippen molar-refractivity contribution < 1.29 is 11.3 Å². The third kappa shape index (κ3) is 0.619. The zero-order valence-corrected chi connectivity index (χ0v) is 23.1. The van der Waals surface area contributed by atoms with Crippen LogP contribution in [0.2, 0.25) is 48.2 Å². The monoisotopic (exact) mass is 512 g/mol. The quantitative estimate of drug-likeness (QED) is 0.116. The molecule has 1 spiro atoms. The van der Waals surface area contributed by atoms with Gasteiger partial charge in [-0.05, 0) is 19.8 Å². The van der Waals surface area contributed by atoms with Gasteiger partial charge < -0.3 is 11.5 Å². The van der Waals surface area contributed by atoms with Crippen LogP contribution in [0.4, 0.5) is 0 Å². The van der Waals surface area contributed by atoms with Crippen LogP contribution < -0.4 is 11.5 Å². The summed E-state index contributed by atoms with van der Waals surface area (Å²) >= 11 is 0. The van der Waals surface area contributed by atoms with Gasteiger partial charge in [0.15, 0.2) is 5.78 Å². The van der Waals surface area contributed by atoms with Crippen LogP contribution in [0, 0.1) is 0 Å². The van der Waals surface area contributed by atoms with E-state index in [4.69, 9.17) is 11.5 Å². The maximum atomic E-state index is 11.2. The van der Waals surface area contributed by atoms with Crippen LogP contribution in [-0.2, 0) is 11.3 Å². The molecule has 196 valence electrons. The van der Waals surface area contributed by atoms with Crippen molar-refractivity contribution in [1.82, 2.24) is 0 Å². The molecule has 10 aliphatic rings. The van der Waals surface area contributed by atoms with Crippen molar-refractivity contribution in [3.05, 3.63) is 0 Å². The van der Waals surface area contributed by atoms with Crippen molar-refractivity contribution in [3.8, 4) is 0 Å². The van der Waals surface area contributed by atoms with Crippen LogP contribution in [0.15, 0.2) is 0 Å². The molecule has 0 aromatic heterocycles. The zero-order chi connectivity index (χ0) is 23.5. The molecule has 0 aromatic carbocycles. The number of carbonyl (C=O) groups excluding carboxylic acids is 1. The van der Waals surface area contributed by atoms with Crippen LogP contribution in [0.25, 0.3) is 0 Å². The number of unbranched alkanes of at least 4 members (excludes halogenated alkanes) is 14. The van der Waals surface area contributed by atoms with Gasteiger partial charge in [0, 0.05) is 0 Å². The van der Waals surface area contributed by atoms with Crippen molar-refractivity contribution in [2.75, 3.05) is 0 Å². The molecule has 0 aromatic rings. The summed E-state index contributed by atoms with van der Waals surface area (Å²) in [5.74, 6) is -0.108. The van der Waals surface area contributed by atoms with Crippen molar-refractivity contribution in [1.29, 1.82) is 0 Å². The second-order valence-electron chi connectivity index (χ2n) is 16.9. The maximum absolute atomic E-state index is 11.2. The van der Waals surface area contributed by atoms with Crippen LogP contribution >= 0.6 is 0 Å². The van der Waals surface area contributed by atoms with Crippen molar-refractivity contribution >= 4 is 5.78 Å². The van der Waals surface area contributed by atoms with Crippen LogP contribution in [0.5, 0.6) is 0 Å². The summed E-state index contributed by atoms with van der Waals surface area (Å²) in [6.07, 6.45) is 20.7. The third-order valence-corrected chi connectivity index (χ3v) is 61.3. The van der Waals surface area contributed by atoms with Gasteiger partial charge in [-0.1, -0.05) is 96.8 Å². The third-order valence-electron chi connectivity index (χ3n) is 19.4. The molecule has 0 saturated carbocycles. The fourth-order valence-electron chi connectivity index (χ4n) is 18.8. The summed E-state index contributed by atoms with van der Waals surface area (Å²) in [6, 6.07) is 0. The van der Waals surface area contributed by atoms with Gasteiger partial charge in [0.2, 0.25) is 0 Å². The molecule has 10 aliphatic heterocycles. The Bertz CT molecular complexity index is 1030. The summed E-state index contributed by atoms with van der Waals surface area (Å²) in [7, 11) is 0. The first-order valence-corrected chi connectivity index (χ1v) is 21.8. The Labute approximate surface area is 198 Å². The molecule has 10 saturated heterocycles. The average molecular weight is 513 g/mol. The number of hydrogen-bond acceptors (Lipinski definition) is 3. The first kappa shape index (κ1) is 21.1. The van der Waals surface area contributed by atoms with Crippen molar-refractivity contribution in [2.45, 2.75) is 170 Å². The Morgan fingerprint density at radius 3 is 1.03 bits per heavy atom. The molecule has 0 aliphatic carbocycles. The number of nitrogens with two attached hydrogens (primary N) is 2. The summed E-state index contributed by atoms with van der Waals surface area (Å²) in [6.45, 7) is 1.47. The Balaban J connectivity index is 0.000000121. The van der Waals surface area contributed by atoms with Gasteiger partial charge in [0.05, 0.1) is 0 Å². The van der Waals surface area contributed by atoms with Gasteiger partial charge in [0.25, 0.3) is 0 Å². The van der Waals surface area contributed by atoms with E-state index < -0.39 is 12.2 Å². The van der Waals surface area contributed by atoms with Gasteiger partial charge in [-0.25, -0.2) is 0 Å². The van der Waals surface area contributed by atoms with Gasteiger partial charge >= 0.3 is 54.7 Å². The van der Waals surface area contributed by atoms with E-state index in [2.05, 4.69) is 6.92 Å². The van der Waals surface area contributed by atoms with Crippen LogP contribution in [0.3, 0.4) is 0 Å². The van der Waals surface area contributed by atoms with E-state index in [0.717, 1.165) is 12.8 Å². The van der Waals surface area contributed by atoms with E-state index in [1.54, 1.807) is 48.2 Å². The summed E-state index contributed by atoms with van der Waals surface area (Å²) < 4.78 is 0. The van der Waals surface area contributed by atoms with E-state index in [9.17, 15) is 4.79 Å². The fraction of sp³-hybridized carbons (Fsp3) is 0.967. The number of hydrogen-bond donors (Lipinski definition) is 2. The molecule has 4 N–H and O–H groups in total. The molecule has 0 radical (unpaired) electrons. The molecule has 4 heteroatoms. The molecule has 10 rings (SSSR count). The molecule has 3 nitrogen and oxygen atoms in total. The molecule has 0 bridgehead atoms. The van der Waals surface area contributed by atoms with Crippen LogP contribution in [0.1, 0.15) is 117 Å². The van der Waals surface area contributed by atoms with E-state index in [-0.39, 0.29) is 5.78 Å². The van der Waals surface area contributed by atoms with E-state index in [1.807, 2.05) is 0 Å². The van der Waals surface area contributed by atoms with E-state index in [0.29, 0.717) is 6.42 Å². The minimum atomic E-state index is -2.28. The molecular weight excluding hydrogens is 460 g/mol. The molecule has 0 atom stereocenters. The second-order valence-corrected chi connectivity index (χ2v) is 40.8. The summed E-state index contributed by atoms with van der Waals surface area (Å²) in [4.78, 5) is 27.1. The number of carbonyl (C=O) groups is 1. The Hall–Kier alpha value is 0.109. The van der Waals surface area contributed by atoms with Gasteiger partial charge in [-0.3, -0.25) is 4.79 Å². The molecule has 10 heterocycles. The standard InChI is InChI=1S/C20H42N2O.2C5H5.Fe/c1-3-4-5-6-7-8-9-10-11-12-13-14-15-16-17-18-20(21,22)19(2)23;2*1-2-4-5-3-1;/h3-18,21-22H2,1-2H3;2*1-5H;. The first-order valence-electron chi connectivity index (χ1n) is 15.5.